The van der Waals surface area contributed by atoms with Gasteiger partial charge in [-0.2, -0.15) is 0 Å². The second-order valence-corrected chi connectivity index (χ2v) is 4.29. The van der Waals surface area contributed by atoms with Crippen molar-refractivity contribution in [2.45, 2.75) is 25.7 Å². The van der Waals surface area contributed by atoms with Crippen molar-refractivity contribution in [3.63, 3.8) is 0 Å². The van der Waals surface area contributed by atoms with Crippen LogP contribution >= 0.6 is 12.6 Å². The summed E-state index contributed by atoms with van der Waals surface area (Å²) in [7, 11) is 0. The molecular formula is C13H14S. The van der Waals surface area contributed by atoms with Gasteiger partial charge in [-0.15, -0.1) is 12.6 Å². The van der Waals surface area contributed by atoms with Crippen LogP contribution in [0, 0.1) is 20.8 Å². The molecule has 0 aliphatic heterocycles. The van der Waals surface area contributed by atoms with Crippen molar-refractivity contribution in [1.29, 1.82) is 0 Å². The first kappa shape index (κ1) is 9.60. The van der Waals surface area contributed by atoms with E-state index in [0.717, 1.165) is 4.90 Å². The number of fused-ring (bicyclic) bond motifs is 1. The molecule has 0 nitrogen and oxygen atoms in total. The monoisotopic (exact) mass is 202 g/mol. The Balaban J connectivity index is 2.94. The van der Waals surface area contributed by atoms with Crippen molar-refractivity contribution in [2.24, 2.45) is 0 Å². The van der Waals surface area contributed by atoms with Crippen molar-refractivity contribution in [2.75, 3.05) is 0 Å². The lowest BCUT2D eigenvalue weighted by atomic mass is 9.98. The third-order valence-corrected chi connectivity index (χ3v) is 3.47. The van der Waals surface area contributed by atoms with Gasteiger partial charge in [0.05, 0.1) is 0 Å². The summed E-state index contributed by atoms with van der Waals surface area (Å²) in [5.41, 5.74) is 4.00. The molecule has 0 aliphatic rings. The number of benzene rings is 2. The van der Waals surface area contributed by atoms with Gasteiger partial charge in [-0.1, -0.05) is 18.2 Å². The normalized spacial score (nSPS) is 10.9. The Labute approximate surface area is 90.4 Å². The van der Waals surface area contributed by atoms with Crippen LogP contribution in [-0.4, -0.2) is 0 Å². The van der Waals surface area contributed by atoms with Gasteiger partial charge in [0.25, 0.3) is 0 Å². The van der Waals surface area contributed by atoms with Crippen LogP contribution in [0.1, 0.15) is 16.7 Å². The van der Waals surface area contributed by atoms with E-state index in [1.165, 1.54) is 27.5 Å². The molecule has 0 radical (unpaired) electrons. The highest BCUT2D eigenvalue weighted by atomic mass is 32.1. The van der Waals surface area contributed by atoms with E-state index >= 15 is 0 Å². The van der Waals surface area contributed by atoms with Crippen LogP contribution in [-0.2, 0) is 0 Å². The summed E-state index contributed by atoms with van der Waals surface area (Å²) in [5, 5.41) is 2.67. The van der Waals surface area contributed by atoms with Gasteiger partial charge in [0, 0.05) is 4.90 Å². The molecule has 0 aromatic heterocycles. The molecule has 0 saturated heterocycles. The molecule has 0 heterocycles. The van der Waals surface area contributed by atoms with Crippen LogP contribution in [0.2, 0.25) is 0 Å². The van der Waals surface area contributed by atoms with E-state index in [-0.39, 0.29) is 0 Å². The van der Waals surface area contributed by atoms with E-state index in [1.54, 1.807) is 0 Å². The zero-order valence-electron chi connectivity index (χ0n) is 8.76. The molecule has 0 fully saturated rings. The first-order valence-electron chi connectivity index (χ1n) is 4.79. The lowest BCUT2D eigenvalue weighted by Crippen LogP contribution is -1.87. The molecule has 0 spiro atoms. The maximum Gasteiger partial charge on any atom is 0.00756 e. The molecule has 72 valence electrons. The van der Waals surface area contributed by atoms with Gasteiger partial charge in [0.15, 0.2) is 0 Å². The van der Waals surface area contributed by atoms with E-state index in [4.69, 9.17) is 0 Å². The Kier molecular flexibility index (Phi) is 2.28. The van der Waals surface area contributed by atoms with Crippen molar-refractivity contribution < 1.29 is 0 Å². The van der Waals surface area contributed by atoms with Crippen LogP contribution in [0.15, 0.2) is 29.2 Å². The smallest absolute Gasteiger partial charge is 0.00756 e. The third kappa shape index (κ3) is 1.32. The maximum atomic E-state index is 4.43. The topological polar surface area (TPSA) is 0 Å². The highest BCUT2D eigenvalue weighted by Crippen LogP contribution is 2.27. The minimum absolute atomic E-state index is 1.07. The first-order valence-corrected chi connectivity index (χ1v) is 5.24. The predicted molar refractivity (Wildman–Crippen MR) is 65.4 cm³/mol. The molecule has 0 aliphatic carbocycles. The molecule has 0 atom stereocenters. The number of rotatable bonds is 0. The van der Waals surface area contributed by atoms with Gasteiger partial charge in [-0.05, 0) is 54.3 Å². The lowest BCUT2D eigenvalue weighted by molar-refractivity contribution is 1.32. The summed E-state index contributed by atoms with van der Waals surface area (Å²) >= 11 is 4.43. The quantitative estimate of drug-likeness (QED) is 0.612. The van der Waals surface area contributed by atoms with Crippen LogP contribution in [0.5, 0.6) is 0 Å². The average molecular weight is 202 g/mol. The minimum atomic E-state index is 1.07. The van der Waals surface area contributed by atoms with Crippen molar-refractivity contribution in [3.8, 4) is 0 Å². The van der Waals surface area contributed by atoms with Crippen molar-refractivity contribution >= 4 is 23.4 Å². The Morgan fingerprint density at radius 3 is 2.07 bits per heavy atom. The molecule has 2 aromatic carbocycles. The second-order valence-electron chi connectivity index (χ2n) is 3.81. The SMILES string of the molecule is Cc1ccc2c(C)c(S)ccc2c1C. The molecule has 0 amide bonds. The number of hydrogen-bond donors (Lipinski definition) is 1. The fourth-order valence-electron chi connectivity index (χ4n) is 1.80. The van der Waals surface area contributed by atoms with Gasteiger partial charge in [0.1, 0.15) is 0 Å². The maximum absolute atomic E-state index is 4.43. The van der Waals surface area contributed by atoms with Gasteiger partial charge >= 0.3 is 0 Å². The minimum Gasteiger partial charge on any atom is -0.143 e. The summed E-state index contributed by atoms with van der Waals surface area (Å²) in [4.78, 5) is 1.07. The Hall–Kier alpha value is -0.950. The van der Waals surface area contributed by atoms with Gasteiger partial charge in [-0.25, -0.2) is 0 Å². The largest absolute Gasteiger partial charge is 0.143 e. The molecule has 14 heavy (non-hydrogen) atoms. The van der Waals surface area contributed by atoms with E-state index < -0.39 is 0 Å². The van der Waals surface area contributed by atoms with Crippen molar-refractivity contribution in [3.05, 3.63) is 41.0 Å². The highest BCUT2D eigenvalue weighted by molar-refractivity contribution is 7.80. The molecule has 0 unspecified atom stereocenters. The fraction of sp³-hybridized carbons (Fsp3) is 0.231. The second kappa shape index (κ2) is 3.32. The fourth-order valence-corrected chi connectivity index (χ4v) is 2.00. The molecule has 0 N–H and O–H groups in total. The van der Waals surface area contributed by atoms with Crippen LogP contribution in [0.4, 0.5) is 0 Å². The Bertz CT molecular complexity index is 451. The summed E-state index contributed by atoms with van der Waals surface area (Å²) in [5.74, 6) is 0. The number of hydrogen-bond acceptors (Lipinski definition) is 1. The summed E-state index contributed by atoms with van der Waals surface area (Å²) < 4.78 is 0. The lowest BCUT2D eigenvalue weighted by Gasteiger charge is -2.09. The van der Waals surface area contributed by atoms with Crippen LogP contribution in [0.3, 0.4) is 0 Å². The van der Waals surface area contributed by atoms with E-state index in [2.05, 4.69) is 57.7 Å². The molecule has 0 bridgehead atoms. The van der Waals surface area contributed by atoms with Gasteiger partial charge in [-0.3, -0.25) is 0 Å². The van der Waals surface area contributed by atoms with Crippen LogP contribution in [0.25, 0.3) is 10.8 Å². The molecule has 2 aromatic rings. The van der Waals surface area contributed by atoms with Crippen molar-refractivity contribution in [1.82, 2.24) is 0 Å². The van der Waals surface area contributed by atoms with E-state index in [0.29, 0.717) is 0 Å². The average Bonchev–Trinajstić information content (AvgIpc) is 2.17. The first-order chi connectivity index (χ1) is 6.61. The number of thiol groups is 1. The van der Waals surface area contributed by atoms with Gasteiger partial charge in [0.2, 0.25) is 0 Å². The summed E-state index contributed by atoms with van der Waals surface area (Å²) in [6.07, 6.45) is 0. The summed E-state index contributed by atoms with van der Waals surface area (Å²) in [6.45, 7) is 6.45. The zero-order valence-corrected chi connectivity index (χ0v) is 9.65. The zero-order chi connectivity index (χ0) is 10.3. The molecule has 0 saturated carbocycles. The van der Waals surface area contributed by atoms with Gasteiger partial charge < -0.3 is 0 Å². The van der Waals surface area contributed by atoms with E-state index in [1.807, 2.05) is 0 Å². The molecule has 1 heteroatoms. The standard InChI is InChI=1S/C13H14S/c1-8-4-5-12-10(3)13(14)7-6-11(12)9(8)2/h4-7,14H,1-3H3. The highest BCUT2D eigenvalue weighted by Gasteiger charge is 2.04. The predicted octanol–water partition coefficient (Wildman–Crippen LogP) is 4.05. The van der Waals surface area contributed by atoms with Crippen LogP contribution < -0.4 is 0 Å². The summed E-state index contributed by atoms with van der Waals surface area (Å²) in [6, 6.07) is 8.60. The number of aryl methyl sites for hydroxylation is 3. The molecular weight excluding hydrogens is 188 g/mol. The Morgan fingerprint density at radius 2 is 1.36 bits per heavy atom. The third-order valence-electron chi connectivity index (χ3n) is 2.98. The molecule has 2 rings (SSSR count). The Morgan fingerprint density at radius 1 is 0.786 bits per heavy atom. The van der Waals surface area contributed by atoms with E-state index in [9.17, 15) is 0 Å².